The van der Waals surface area contributed by atoms with Crippen molar-refractivity contribution in [3.63, 3.8) is 0 Å². The maximum atomic E-state index is 13.2. The van der Waals surface area contributed by atoms with E-state index in [2.05, 4.69) is 22.3 Å². The zero-order valence-corrected chi connectivity index (χ0v) is 16.2. The third kappa shape index (κ3) is 4.36. The molecule has 2 aliphatic heterocycles. The van der Waals surface area contributed by atoms with Gasteiger partial charge in [-0.2, -0.15) is 0 Å². The van der Waals surface area contributed by atoms with Crippen molar-refractivity contribution in [2.45, 2.75) is 25.2 Å². The van der Waals surface area contributed by atoms with Crippen LogP contribution in [0.4, 0.5) is 10.1 Å². The summed E-state index contributed by atoms with van der Waals surface area (Å²) in [4.78, 5) is 17.1. The second-order valence-corrected chi connectivity index (χ2v) is 7.77. The van der Waals surface area contributed by atoms with Gasteiger partial charge in [0.05, 0.1) is 0 Å². The summed E-state index contributed by atoms with van der Waals surface area (Å²) in [6, 6.07) is 14.8. The summed E-state index contributed by atoms with van der Waals surface area (Å²) in [5.41, 5.74) is 3.10. The van der Waals surface area contributed by atoms with E-state index in [-0.39, 0.29) is 11.7 Å². The summed E-state index contributed by atoms with van der Waals surface area (Å²) in [6.45, 7) is 5.22. The fourth-order valence-corrected chi connectivity index (χ4v) is 4.25. The maximum Gasteiger partial charge on any atom is 0.253 e. The van der Waals surface area contributed by atoms with Crippen LogP contribution in [0, 0.1) is 5.82 Å². The predicted octanol–water partition coefficient (Wildman–Crippen LogP) is 3.65. The second kappa shape index (κ2) is 8.74. The van der Waals surface area contributed by atoms with Crippen molar-refractivity contribution >= 4 is 11.6 Å². The van der Waals surface area contributed by atoms with Crippen LogP contribution in [0.3, 0.4) is 0 Å². The minimum Gasteiger partial charge on any atom is -0.370 e. The largest absolute Gasteiger partial charge is 0.370 e. The molecule has 0 aromatic heterocycles. The van der Waals surface area contributed by atoms with Gasteiger partial charge in [0.15, 0.2) is 0 Å². The Labute approximate surface area is 166 Å². The molecule has 0 aliphatic carbocycles. The smallest absolute Gasteiger partial charge is 0.253 e. The van der Waals surface area contributed by atoms with E-state index in [0.717, 1.165) is 50.4 Å². The lowest BCUT2D eigenvalue weighted by Gasteiger charge is -2.24. The Kier molecular flexibility index (Phi) is 5.91. The van der Waals surface area contributed by atoms with Gasteiger partial charge >= 0.3 is 0 Å². The molecule has 0 bridgehead atoms. The maximum absolute atomic E-state index is 13.2. The molecule has 2 fully saturated rings. The van der Waals surface area contributed by atoms with Crippen molar-refractivity contribution in [3.8, 4) is 0 Å². The molecule has 0 saturated carbocycles. The predicted molar refractivity (Wildman–Crippen MR) is 110 cm³/mol. The molecule has 2 aliphatic rings. The van der Waals surface area contributed by atoms with Gasteiger partial charge in [0.25, 0.3) is 5.91 Å². The lowest BCUT2D eigenvalue weighted by atomic mass is 9.91. The third-order valence-electron chi connectivity index (χ3n) is 5.90. The first-order valence-electron chi connectivity index (χ1n) is 10.3. The number of nitrogens with one attached hydrogen (secondary N) is 1. The molecular weight excluding hydrogens is 353 g/mol. The third-order valence-corrected chi connectivity index (χ3v) is 5.90. The summed E-state index contributed by atoms with van der Waals surface area (Å²) in [7, 11) is 0. The molecule has 5 heteroatoms. The average Bonchev–Trinajstić information content (AvgIpc) is 3.01. The molecule has 2 aromatic rings. The number of hydrogen-bond donors (Lipinski definition) is 1. The molecule has 4 nitrogen and oxygen atoms in total. The topological polar surface area (TPSA) is 35.6 Å². The van der Waals surface area contributed by atoms with E-state index >= 15 is 0 Å². The first-order chi connectivity index (χ1) is 13.7. The number of piperidine rings is 1. The van der Waals surface area contributed by atoms with Gasteiger partial charge in [0.2, 0.25) is 0 Å². The number of benzene rings is 2. The first-order valence-corrected chi connectivity index (χ1v) is 10.3. The molecule has 1 amide bonds. The molecule has 2 saturated heterocycles. The highest BCUT2D eigenvalue weighted by Gasteiger charge is 2.21. The van der Waals surface area contributed by atoms with Gasteiger partial charge < -0.3 is 15.1 Å². The number of anilines is 1. The highest BCUT2D eigenvalue weighted by molar-refractivity contribution is 5.94. The van der Waals surface area contributed by atoms with Crippen molar-refractivity contribution in [2.24, 2.45) is 0 Å². The first kappa shape index (κ1) is 18.9. The number of rotatable bonds is 3. The van der Waals surface area contributed by atoms with Crippen LogP contribution in [0.5, 0.6) is 0 Å². The zero-order valence-electron chi connectivity index (χ0n) is 16.2. The lowest BCUT2D eigenvalue weighted by Crippen LogP contribution is -2.35. The number of amides is 1. The monoisotopic (exact) mass is 381 g/mol. The molecule has 1 unspecified atom stereocenters. The number of carbonyl (C=O) groups excluding carboxylic acids is 1. The Morgan fingerprint density at radius 1 is 0.929 bits per heavy atom. The van der Waals surface area contributed by atoms with Crippen LogP contribution in [0.25, 0.3) is 0 Å². The van der Waals surface area contributed by atoms with E-state index in [9.17, 15) is 9.18 Å². The van der Waals surface area contributed by atoms with Crippen molar-refractivity contribution < 1.29 is 9.18 Å². The highest BCUT2D eigenvalue weighted by Crippen LogP contribution is 2.24. The average molecular weight is 381 g/mol. The van der Waals surface area contributed by atoms with E-state index in [1.54, 1.807) is 0 Å². The zero-order chi connectivity index (χ0) is 19.3. The fraction of sp³-hybridized carbons (Fsp3) is 0.435. The number of carbonyl (C=O) groups is 1. The number of nitrogens with zero attached hydrogens (tertiary/aromatic N) is 2. The van der Waals surface area contributed by atoms with E-state index < -0.39 is 0 Å². The SMILES string of the molecule is O=C(c1ccc(C2CCCNC2)cc1)N1CCCN(c2ccc(F)cc2)CC1. The van der Waals surface area contributed by atoms with Crippen LogP contribution >= 0.6 is 0 Å². The van der Waals surface area contributed by atoms with E-state index in [1.807, 2.05) is 29.2 Å². The second-order valence-electron chi connectivity index (χ2n) is 7.77. The van der Waals surface area contributed by atoms with Gasteiger partial charge in [0, 0.05) is 44.0 Å². The Balaban J connectivity index is 1.38. The van der Waals surface area contributed by atoms with Gasteiger partial charge in [-0.15, -0.1) is 0 Å². The Hall–Kier alpha value is -2.40. The van der Waals surface area contributed by atoms with Gasteiger partial charge in [-0.25, -0.2) is 4.39 Å². The molecule has 2 heterocycles. The Morgan fingerprint density at radius 3 is 2.43 bits per heavy atom. The molecule has 148 valence electrons. The Bertz CT molecular complexity index is 784. The van der Waals surface area contributed by atoms with Gasteiger partial charge in [-0.3, -0.25) is 4.79 Å². The van der Waals surface area contributed by atoms with Crippen molar-refractivity contribution in [1.29, 1.82) is 0 Å². The molecule has 28 heavy (non-hydrogen) atoms. The molecular formula is C23H28FN3O. The van der Waals surface area contributed by atoms with Crippen LogP contribution < -0.4 is 10.2 Å². The summed E-state index contributed by atoms with van der Waals surface area (Å²) >= 11 is 0. The van der Waals surface area contributed by atoms with Crippen LogP contribution in [-0.2, 0) is 0 Å². The van der Waals surface area contributed by atoms with Crippen molar-refractivity contribution in [3.05, 3.63) is 65.5 Å². The summed E-state index contributed by atoms with van der Waals surface area (Å²) < 4.78 is 13.2. The number of hydrogen-bond acceptors (Lipinski definition) is 3. The quantitative estimate of drug-likeness (QED) is 0.882. The Morgan fingerprint density at radius 2 is 1.71 bits per heavy atom. The molecule has 1 N–H and O–H groups in total. The fourth-order valence-electron chi connectivity index (χ4n) is 4.25. The van der Waals surface area contributed by atoms with Gasteiger partial charge in [0.1, 0.15) is 5.82 Å². The molecule has 2 aromatic carbocycles. The van der Waals surface area contributed by atoms with Crippen molar-refractivity contribution in [2.75, 3.05) is 44.2 Å². The molecule has 0 radical (unpaired) electrons. The summed E-state index contributed by atoms with van der Waals surface area (Å²) in [6.07, 6.45) is 3.34. The van der Waals surface area contributed by atoms with Crippen molar-refractivity contribution in [1.82, 2.24) is 10.2 Å². The van der Waals surface area contributed by atoms with Crippen LogP contribution in [-0.4, -0.2) is 50.1 Å². The van der Waals surface area contributed by atoms with Crippen LogP contribution in [0.15, 0.2) is 48.5 Å². The highest BCUT2D eigenvalue weighted by atomic mass is 19.1. The molecule has 4 rings (SSSR count). The van der Waals surface area contributed by atoms with E-state index in [0.29, 0.717) is 12.5 Å². The van der Waals surface area contributed by atoms with Gasteiger partial charge in [-0.05, 0) is 73.7 Å². The summed E-state index contributed by atoms with van der Waals surface area (Å²) in [5, 5.41) is 3.45. The van der Waals surface area contributed by atoms with Crippen LogP contribution in [0.2, 0.25) is 0 Å². The van der Waals surface area contributed by atoms with E-state index in [4.69, 9.17) is 0 Å². The minimum absolute atomic E-state index is 0.106. The standard InChI is InChI=1S/C23H28FN3O/c24-21-8-10-22(11-9-21)26-13-2-14-27(16-15-26)23(28)19-6-4-18(5-7-19)20-3-1-12-25-17-20/h4-11,20,25H,1-3,12-17H2. The van der Waals surface area contributed by atoms with E-state index in [1.165, 1.54) is 30.5 Å². The normalized spacial score (nSPS) is 20.7. The number of halogens is 1. The van der Waals surface area contributed by atoms with Gasteiger partial charge in [-0.1, -0.05) is 12.1 Å². The summed E-state index contributed by atoms with van der Waals surface area (Å²) in [5.74, 6) is 0.442. The lowest BCUT2D eigenvalue weighted by molar-refractivity contribution is 0.0767. The minimum atomic E-state index is -0.220. The molecule has 1 atom stereocenters. The van der Waals surface area contributed by atoms with Crippen LogP contribution in [0.1, 0.15) is 41.1 Å². The molecule has 0 spiro atoms.